The van der Waals surface area contributed by atoms with Crippen molar-refractivity contribution in [3.8, 4) is 5.75 Å². The van der Waals surface area contributed by atoms with Crippen LogP contribution in [0.15, 0.2) is 35.4 Å². The molecule has 0 radical (unpaired) electrons. The molecule has 1 spiro atoms. The molecule has 1 aromatic heterocycles. The SMILES string of the molecule is CCSc1ccc(CNC(=O)N2CC(C(C)C)C3(C2)Oc2c(C(C)C)ccc(C)c2C3=O)nc1. The highest BCUT2D eigenvalue weighted by molar-refractivity contribution is 7.99. The standard InChI is InChI=1S/C27H35N3O3S/c1-7-34-20-10-9-19(28-13-20)12-29-26(32)30-14-22(17(4)5)27(15-30)25(31)23-18(6)8-11-21(16(2)3)24(23)33-27/h8-11,13,16-17,22H,7,12,14-15H2,1-6H3,(H,29,32). The number of pyridine rings is 1. The van der Waals surface area contributed by atoms with E-state index in [0.717, 1.165) is 27.5 Å². The summed E-state index contributed by atoms with van der Waals surface area (Å²) in [6.07, 6.45) is 1.84. The first-order chi connectivity index (χ1) is 16.2. The first kappa shape index (κ1) is 24.6. The lowest BCUT2D eigenvalue weighted by Crippen LogP contribution is -2.50. The van der Waals surface area contributed by atoms with Crippen LogP contribution in [0.25, 0.3) is 0 Å². The maximum atomic E-state index is 13.9. The summed E-state index contributed by atoms with van der Waals surface area (Å²) >= 11 is 1.74. The van der Waals surface area contributed by atoms with Crippen molar-refractivity contribution >= 4 is 23.6 Å². The third kappa shape index (κ3) is 4.30. The minimum absolute atomic E-state index is 0.0159. The number of Topliss-reactive ketones (excluding diaryl/α,β-unsaturated/α-hetero) is 1. The Morgan fingerprint density at radius 1 is 1.26 bits per heavy atom. The molecule has 4 rings (SSSR count). The molecule has 2 aromatic rings. The van der Waals surface area contributed by atoms with Gasteiger partial charge in [0.2, 0.25) is 5.78 Å². The predicted octanol–water partition coefficient (Wildman–Crippen LogP) is 5.44. The molecule has 6 nitrogen and oxygen atoms in total. The zero-order valence-electron chi connectivity index (χ0n) is 21.0. The summed E-state index contributed by atoms with van der Waals surface area (Å²) in [5.74, 6) is 2.06. The Hall–Kier alpha value is -2.54. The lowest BCUT2D eigenvalue weighted by atomic mass is 9.78. The topological polar surface area (TPSA) is 71.5 Å². The van der Waals surface area contributed by atoms with Crippen LogP contribution in [0.3, 0.4) is 0 Å². The Labute approximate surface area is 206 Å². The van der Waals surface area contributed by atoms with E-state index in [2.05, 4.69) is 51.0 Å². The number of likely N-dealkylation sites (tertiary alicyclic amines) is 1. The first-order valence-corrected chi connectivity index (χ1v) is 13.1. The van der Waals surface area contributed by atoms with Crippen LogP contribution in [0.4, 0.5) is 4.79 Å². The van der Waals surface area contributed by atoms with Crippen molar-refractivity contribution < 1.29 is 14.3 Å². The van der Waals surface area contributed by atoms with Crippen molar-refractivity contribution in [1.82, 2.24) is 15.2 Å². The van der Waals surface area contributed by atoms with Gasteiger partial charge in [0.15, 0.2) is 5.60 Å². The van der Waals surface area contributed by atoms with E-state index in [4.69, 9.17) is 4.74 Å². The van der Waals surface area contributed by atoms with Crippen LogP contribution >= 0.6 is 11.8 Å². The fourth-order valence-electron chi connectivity index (χ4n) is 5.13. The molecule has 182 valence electrons. The molecular formula is C27H35N3O3S. The Kier molecular flexibility index (Phi) is 6.94. The Morgan fingerprint density at radius 2 is 2.03 bits per heavy atom. The van der Waals surface area contributed by atoms with Crippen LogP contribution < -0.4 is 10.1 Å². The van der Waals surface area contributed by atoms with E-state index < -0.39 is 5.60 Å². The maximum Gasteiger partial charge on any atom is 0.317 e. The van der Waals surface area contributed by atoms with Crippen molar-refractivity contribution in [3.05, 3.63) is 52.8 Å². The smallest absolute Gasteiger partial charge is 0.317 e. The zero-order chi connectivity index (χ0) is 24.6. The molecular weight excluding hydrogens is 446 g/mol. The number of carbonyl (C=O) groups excluding carboxylic acids is 2. The van der Waals surface area contributed by atoms with Gasteiger partial charge in [0.1, 0.15) is 5.75 Å². The van der Waals surface area contributed by atoms with Crippen LogP contribution in [-0.4, -0.2) is 46.1 Å². The number of urea groups is 1. The van der Waals surface area contributed by atoms with E-state index in [1.165, 1.54) is 0 Å². The van der Waals surface area contributed by atoms with Gasteiger partial charge in [0, 0.05) is 23.6 Å². The van der Waals surface area contributed by atoms with Gasteiger partial charge < -0.3 is 15.0 Å². The molecule has 3 heterocycles. The predicted molar refractivity (Wildman–Crippen MR) is 136 cm³/mol. The second-order valence-corrected chi connectivity index (χ2v) is 11.3. The third-order valence-corrected chi connectivity index (χ3v) is 7.84. The van der Waals surface area contributed by atoms with Gasteiger partial charge in [0.25, 0.3) is 0 Å². The summed E-state index contributed by atoms with van der Waals surface area (Å²) in [6.45, 7) is 13.6. The van der Waals surface area contributed by atoms with Gasteiger partial charge in [-0.1, -0.05) is 46.8 Å². The van der Waals surface area contributed by atoms with E-state index in [-0.39, 0.29) is 36.1 Å². The number of amides is 2. The Bertz CT molecular complexity index is 1080. The van der Waals surface area contributed by atoms with Crippen molar-refractivity contribution in [2.75, 3.05) is 18.8 Å². The second-order valence-electron chi connectivity index (χ2n) is 9.96. The van der Waals surface area contributed by atoms with Gasteiger partial charge in [0.05, 0.1) is 24.3 Å². The normalized spacial score (nSPS) is 21.5. The van der Waals surface area contributed by atoms with Gasteiger partial charge in [-0.2, -0.15) is 0 Å². The molecule has 0 saturated carbocycles. The van der Waals surface area contributed by atoms with Gasteiger partial charge >= 0.3 is 6.03 Å². The average molecular weight is 482 g/mol. The van der Waals surface area contributed by atoms with Crippen molar-refractivity contribution in [3.63, 3.8) is 0 Å². The molecule has 2 atom stereocenters. The summed E-state index contributed by atoms with van der Waals surface area (Å²) in [6, 6.07) is 7.85. The van der Waals surface area contributed by atoms with Crippen LogP contribution in [0.1, 0.15) is 67.7 Å². The average Bonchev–Trinajstić information content (AvgIpc) is 3.32. The molecule has 0 aliphatic carbocycles. The molecule has 2 aliphatic heterocycles. The van der Waals surface area contributed by atoms with Crippen LogP contribution in [0.2, 0.25) is 0 Å². The van der Waals surface area contributed by atoms with E-state index in [1.54, 1.807) is 16.7 Å². The van der Waals surface area contributed by atoms with Crippen molar-refractivity contribution in [1.29, 1.82) is 0 Å². The van der Waals surface area contributed by atoms with E-state index in [1.807, 2.05) is 31.3 Å². The Morgan fingerprint density at radius 3 is 2.65 bits per heavy atom. The molecule has 2 unspecified atom stereocenters. The van der Waals surface area contributed by atoms with Gasteiger partial charge in [-0.25, -0.2) is 4.79 Å². The summed E-state index contributed by atoms with van der Waals surface area (Å²) < 4.78 is 6.61. The lowest BCUT2D eigenvalue weighted by Gasteiger charge is -2.30. The number of ketones is 1. The van der Waals surface area contributed by atoms with Crippen molar-refractivity contribution in [2.45, 2.75) is 64.5 Å². The van der Waals surface area contributed by atoms with E-state index >= 15 is 0 Å². The second kappa shape index (κ2) is 9.61. The fraction of sp³-hybridized carbons (Fsp3) is 0.519. The van der Waals surface area contributed by atoms with Crippen LogP contribution in [0.5, 0.6) is 5.75 Å². The molecule has 34 heavy (non-hydrogen) atoms. The number of nitrogens with zero attached hydrogens (tertiary/aromatic N) is 2. The molecule has 2 aliphatic rings. The lowest BCUT2D eigenvalue weighted by molar-refractivity contribution is 0.0347. The maximum absolute atomic E-state index is 13.9. The highest BCUT2D eigenvalue weighted by atomic mass is 32.2. The quantitative estimate of drug-likeness (QED) is 0.557. The van der Waals surface area contributed by atoms with Crippen LogP contribution in [0, 0.1) is 18.8 Å². The number of aromatic nitrogens is 1. The third-order valence-electron chi connectivity index (χ3n) is 6.98. The monoisotopic (exact) mass is 481 g/mol. The largest absolute Gasteiger partial charge is 0.476 e. The number of hydrogen-bond acceptors (Lipinski definition) is 5. The fourth-order valence-corrected chi connectivity index (χ4v) is 5.76. The molecule has 7 heteroatoms. The number of thioether (sulfide) groups is 1. The number of aryl methyl sites for hydroxylation is 1. The summed E-state index contributed by atoms with van der Waals surface area (Å²) in [5.41, 5.74) is 2.45. The highest BCUT2D eigenvalue weighted by Crippen LogP contribution is 2.49. The number of ether oxygens (including phenoxy) is 1. The molecule has 0 bridgehead atoms. The summed E-state index contributed by atoms with van der Waals surface area (Å²) in [7, 11) is 0. The molecule has 1 saturated heterocycles. The highest BCUT2D eigenvalue weighted by Gasteiger charge is 2.60. The zero-order valence-corrected chi connectivity index (χ0v) is 21.8. The first-order valence-electron chi connectivity index (χ1n) is 12.2. The number of fused-ring (bicyclic) bond motifs is 1. The van der Waals surface area contributed by atoms with E-state index in [9.17, 15) is 9.59 Å². The van der Waals surface area contributed by atoms with Gasteiger partial charge in [-0.3, -0.25) is 9.78 Å². The number of rotatable bonds is 6. The van der Waals surface area contributed by atoms with Gasteiger partial charge in [-0.05, 0) is 47.8 Å². The van der Waals surface area contributed by atoms with Crippen LogP contribution in [-0.2, 0) is 6.54 Å². The Balaban J connectivity index is 1.54. The summed E-state index contributed by atoms with van der Waals surface area (Å²) in [4.78, 5) is 34.3. The number of benzene rings is 1. The van der Waals surface area contributed by atoms with E-state index in [0.29, 0.717) is 24.4 Å². The minimum Gasteiger partial charge on any atom is -0.476 e. The number of hydrogen-bond donors (Lipinski definition) is 1. The number of nitrogens with one attached hydrogen (secondary N) is 1. The molecule has 1 fully saturated rings. The van der Waals surface area contributed by atoms with Crippen molar-refractivity contribution in [2.24, 2.45) is 11.8 Å². The molecule has 1 N–H and O–H groups in total. The van der Waals surface area contributed by atoms with Gasteiger partial charge in [-0.15, -0.1) is 11.8 Å². The molecule has 1 aromatic carbocycles. The number of carbonyl (C=O) groups is 2. The summed E-state index contributed by atoms with van der Waals surface area (Å²) in [5, 5.41) is 2.99. The minimum atomic E-state index is -1.03. The molecule has 2 amide bonds.